The van der Waals surface area contributed by atoms with Gasteiger partial charge >= 0.3 is 12.2 Å². The summed E-state index contributed by atoms with van der Waals surface area (Å²) in [4.78, 5) is 18.6. The van der Waals surface area contributed by atoms with Crippen LogP contribution in [0.2, 0.25) is 0 Å². The second-order valence-electron chi connectivity index (χ2n) is 7.28. The lowest BCUT2D eigenvalue weighted by Gasteiger charge is -2.29. The van der Waals surface area contributed by atoms with Crippen molar-refractivity contribution in [2.45, 2.75) is 81.3 Å². The van der Waals surface area contributed by atoms with Gasteiger partial charge in [-0.1, -0.05) is 91.5 Å². The number of hydrogen-bond acceptors (Lipinski definition) is 3. The number of ether oxygens (including phenoxy) is 1. The van der Waals surface area contributed by atoms with E-state index in [1.807, 2.05) is 66.7 Å². The van der Waals surface area contributed by atoms with Gasteiger partial charge in [-0.3, -0.25) is 0 Å². The van der Waals surface area contributed by atoms with Crippen LogP contribution < -0.4 is 5.32 Å². The first kappa shape index (κ1) is 44.5. The Labute approximate surface area is 248 Å². The number of amides is 2. The fraction of sp³-hybridized carbons (Fsp3) is 0.515. The Morgan fingerprint density at radius 2 is 1.68 bits per heavy atom. The first-order valence-electron chi connectivity index (χ1n) is 14.2. The van der Waals surface area contributed by atoms with E-state index in [4.69, 9.17) is 4.74 Å². The van der Waals surface area contributed by atoms with Crippen LogP contribution in [0.25, 0.3) is 0 Å². The number of carbonyl (C=O) groups excluding carboxylic acids is 1. The van der Waals surface area contributed by atoms with Gasteiger partial charge in [-0.2, -0.15) is 13.2 Å². The van der Waals surface area contributed by atoms with Crippen molar-refractivity contribution in [3.63, 3.8) is 0 Å². The van der Waals surface area contributed by atoms with Gasteiger partial charge in [0.1, 0.15) is 0 Å². The Morgan fingerprint density at radius 3 is 2.12 bits per heavy atom. The van der Waals surface area contributed by atoms with Gasteiger partial charge in [-0.05, 0) is 49.5 Å². The van der Waals surface area contributed by atoms with E-state index in [0.29, 0.717) is 25.1 Å². The van der Waals surface area contributed by atoms with Crippen LogP contribution in [-0.4, -0.2) is 56.3 Å². The van der Waals surface area contributed by atoms with Crippen LogP contribution in [0.1, 0.15) is 75.2 Å². The second-order valence-corrected chi connectivity index (χ2v) is 7.28. The maximum absolute atomic E-state index is 13.2. The van der Waals surface area contributed by atoms with Crippen molar-refractivity contribution in [3.05, 3.63) is 71.4 Å². The topological polar surface area (TPSA) is 53.9 Å². The van der Waals surface area contributed by atoms with E-state index in [1.54, 1.807) is 30.9 Å². The minimum Gasteiger partial charge on any atom is -0.483 e. The summed E-state index contributed by atoms with van der Waals surface area (Å²) >= 11 is 0. The molecule has 2 amide bonds. The zero-order chi connectivity index (χ0) is 32.9. The molecule has 41 heavy (non-hydrogen) atoms. The molecule has 0 saturated heterocycles. The average Bonchev–Trinajstić information content (AvgIpc) is 3.00. The van der Waals surface area contributed by atoms with Crippen molar-refractivity contribution in [1.82, 2.24) is 10.2 Å². The number of alkyl halides is 3. The van der Waals surface area contributed by atoms with Crippen LogP contribution in [0.3, 0.4) is 0 Å². The highest BCUT2D eigenvalue weighted by Gasteiger charge is 2.31. The number of aliphatic imine (C=N–C) groups is 1. The molecule has 0 bridgehead atoms. The van der Waals surface area contributed by atoms with Crippen LogP contribution >= 0.6 is 0 Å². The summed E-state index contributed by atoms with van der Waals surface area (Å²) in [6.07, 6.45) is 15.7. The van der Waals surface area contributed by atoms with Gasteiger partial charge in [-0.15, -0.1) is 12.8 Å². The number of allylic oxidation sites excluding steroid dienone is 6. The number of rotatable bonds is 9. The molecule has 5 nitrogen and oxygen atoms in total. The molecular weight excluding hydrogens is 527 g/mol. The van der Waals surface area contributed by atoms with E-state index in [0.717, 1.165) is 23.3 Å². The van der Waals surface area contributed by atoms with Gasteiger partial charge in [0, 0.05) is 13.1 Å². The zero-order valence-electron chi connectivity index (χ0n) is 27.0. The molecule has 8 heteroatoms. The fourth-order valence-corrected chi connectivity index (χ4v) is 3.24. The number of hydrogen-bond donors (Lipinski definition) is 1. The molecule has 234 valence electrons. The SMILES string of the molecule is C#C.C=CC1=C(/C=C\C)CN(C(=O)NCC(=NCC(/C=C\C)=C/C(=C/CC)C(F)(F)F)OC)CC1.CC.CC.CC. The van der Waals surface area contributed by atoms with Gasteiger partial charge in [0.05, 0.1) is 25.8 Å². The van der Waals surface area contributed by atoms with Crippen LogP contribution in [0.15, 0.2) is 76.4 Å². The quantitative estimate of drug-likeness (QED) is 0.128. The number of urea groups is 1. The minimum absolute atomic E-state index is 0.0128. The lowest BCUT2D eigenvalue weighted by Crippen LogP contribution is -2.45. The summed E-state index contributed by atoms with van der Waals surface area (Å²) in [5.41, 5.74) is 1.82. The lowest BCUT2D eigenvalue weighted by molar-refractivity contribution is -0.0884. The predicted molar refractivity (Wildman–Crippen MR) is 172 cm³/mol. The van der Waals surface area contributed by atoms with Gasteiger partial charge in [-0.25, -0.2) is 9.79 Å². The molecule has 1 rings (SSSR count). The van der Waals surface area contributed by atoms with Crippen molar-refractivity contribution in [2.75, 3.05) is 33.3 Å². The minimum atomic E-state index is -4.44. The third kappa shape index (κ3) is 20.1. The summed E-state index contributed by atoms with van der Waals surface area (Å²) in [6.45, 7) is 22.2. The largest absolute Gasteiger partial charge is 0.483 e. The smallest absolute Gasteiger partial charge is 0.416 e. The van der Waals surface area contributed by atoms with Gasteiger partial charge in [0.25, 0.3) is 0 Å². The zero-order valence-corrected chi connectivity index (χ0v) is 27.0. The Kier molecular flexibility index (Phi) is 32.1. The van der Waals surface area contributed by atoms with Crippen LogP contribution in [0.4, 0.5) is 18.0 Å². The summed E-state index contributed by atoms with van der Waals surface area (Å²) < 4.78 is 44.9. The number of carbonyl (C=O) groups is 1. The van der Waals surface area contributed by atoms with Crippen molar-refractivity contribution in [1.29, 1.82) is 0 Å². The molecule has 0 spiro atoms. The highest BCUT2D eigenvalue weighted by Crippen LogP contribution is 2.28. The van der Waals surface area contributed by atoms with Crippen LogP contribution in [-0.2, 0) is 4.74 Å². The summed E-state index contributed by atoms with van der Waals surface area (Å²) in [5, 5.41) is 2.77. The highest BCUT2D eigenvalue weighted by molar-refractivity contribution is 5.84. The van der Waals surface area contributed by atoms with Crippen LogP contribution in [0, 0.1) is 12.8 Å². The molecule has 0 unspecified atom stereocenters. The Bertz CT molecular complexity index is 906. The van der Waals surface area contributed by atoms with Crippen molar-refractivity contribution in [3.8, 4) is 12.8 Å². The highest BCUT2D eigenvalue weighted by atomic mass is 19.4. The molecule has 0 aliphatic carbocycles. The number of methoxy groups -OCH3 is 1. The molecule has 1 heterocycles. The Hall–Kier alpha value is -3.47. The summed E-state index contributed by atoms with van der Waals surface area (Å²) in [5.74, 6) is 0.222. The van der Waals surface area contributed by atoms with E-state index in [9.17, 15) is 18.0 Å². The average molecular weight is 582 g/mol. The first-order chi connectivity index (χ1) is 19.7. The molecule has 1 aliphatic rings. The fourth-order valence-electron chi connectivity index (χ4n) is 3.24. The number of halogens is 3. The molecular formula is C33H54F3N3O2. The molecule has 0 atom stereocenters. The third-order valence-corrected chi connectivity index (χ3v) is 4.86. The van der Waals surface area contributed by atoms with E-state index in [1.165, 1.54) is 7.11 Å². The second kappa shape index (κ2) is 29.5. The standard InChI is InChI=1S/C25H34F3N3O2.3C2H6.C2H2/c1-6-10-19(15-22(12-8-3)25(26,27)28)16-29-23(33-5)17-30-24(32)31-14-13-20(9-4)21(18-31)11-7-2;4*1-2/h6-7,9-12,15H,4,8,13-14,16-18H2,1-3,5H3,(H,30,32);3*1-2H3;1-2H/b10-6-,11-7-,19-15+,22-12-,29-23?;;;;. The van der Waals surface area contributed by atoms with Gasteiger partial charge < -0.3 is 15.0 Å². The van der Waals surface area contributed by atoms with Gasteiger partial charge in [0.15, 0.2) is 0 Å². The van der Waals surface area contributed by atoms with E-state index in [-0.39, 0.29) is 31.4 Å². The number of terminal acetylenes is 1. The normalized spacial score (nSPS) is 13.9. The summed E-state index contributed by atoms with van der Waals surface area (Å²) in [7, 11) is 1.41. The van der Waals surface area contributed by atoms with Gasteiger partial charge in [0.2, 0.25) is 5.90 Å². The third-order valence-electron chi connectivity index (χ3n) is 4.86. The number of nitrogens with one attached hydrogen (secondary N) is 1. The predicted octanol–water partition coefficient (Wildman–Crippen LogP) is 9.23. The van der Waals surface area contributed by atoms with E-state index in [2.05, 4.69) is 29.7 Å². The molecule has 0 fully saturated rings. The molecule has 1 N–H and O–H groups in total. The first-order valence-corrected chi connectivity index (χ1v) is 14.2. The molecule has 0 aromatic heterocycles. The van der Waals surface area contributed by atoms with Crippen LogP contribution in [0.5, 0.6) is 0 Å². The molecule has 1 aliphatic heterocycles. The maximum atomic E-state index is 13.2. The number of nitrogens with zero attached hydrogens (tertiary/aromatic N) is 2. The van der Waals surface area contributed by atoms with Crippen molar-refractivity contribution >= 4 is 11.9 Å². The summed E-state index contributed by atoms with van der Waals surface area (Å²) in [6, 6.07) is -0.265. The van der Waals surface area contributed by atoms with E-state index < -0.39 is 11.7 Å². The monoisotopic (exact) mass is 581 g/mol. The molecule has 0 saturated carbocycles. The Balaban J connectivity index is -0.000000782. The maximum Gasteiger partial charge on any atom is 0.416 e. The van der Waals surface area contributed by atoms with Crippen molar-refractivity contribution < 1.29 is 22.7 Å². The lowest BCUT2D eigenvalue weighted by atomic mass is 10.00. The molecule has 0 aromatic rings. The van der Waals surface area contributed by atoms with E-state index >= 15 is 0 Å². The molecule has 0 aromatic carbocycles. The van der Waals surface area contributed by atoms with Crippen molar-refractivity contribution in [2.24, 2.45) is 4.99 Å². The Morgan fingerprint density at radius 1 is 1.10 bits per heavy atom. The molecule has 0 radical (unpaired) electrons.